The zero-order valence-corrected chi connectivity index (χ0v) is 43.3. The van der Waals surface area contributed by atoms with Crippen molar-refractivity contribution in [3.8, 4) is 17.0 Å². The topological polar surface area (TPSA) is 371 Å². The van der Waals surface area contributed by atoms with Crippen molar-refractivity contribution in [3.05, 3.63) is 88.8 Å². The smallest absolute Gasteiger partial charge is 0.416 e. The first-order valence-corrected chi connectivity index (χ1v) is 26.7. The number of anilines is 1. The quantitative estimate of drug-likeness (QED) is 0.0190. The summed E-state index contributed by atoms with van der Waals surface area (Å²) in [5, 5.41) is 77.8. The Balaban J connectivity index is 0.922. The SMILES string of the molecule is NS(=O)(=O)OC[C@H]1C[C@@H](Cc2cc[n+](Cc3ccc(O[C@@H]4O[C@H](C(=O)O)[C@@H](O)[C@H](O)[C@H]4O)c(NC(=O)CCNC(=O)CCOCCOCCOCCN4C(=O)C5=C(C5)C4=O)c3)c3cc(-c4cccc(C(F)(F)F)c4)nn23)[C@H](O)[C@@H]1O. The molecule has 2 fully saturated rings. The number of imide groups is 1. The van der Waals surface area contributed by atoms with Gasteiger partial charge in [-0.25, -0.2) is 14.5 Å². The molecule has 2 aromatic carbocycles. The molecule has 1 saturated carbocycles. The molecule has 9 atom stereocenters. The lowest BCUT2D eigenvalue weighted by Gasteiger charge is -2.38. The van der Waals surface area contributed by atoms with Crippen molar-refractivity contribution in [1.82, 2.24) is 19.8 Å². The number of benzene rings is 2. The van der Waals surface area contributed by atoms with Crippen LogP contribution in [0.3, 0.4) is 0 Å². The molecule has 0 spiro atoms. The van der Waals surface area contributed by atoms with Crippen molar-refractivity contribution in [2.45, 2.75) is 87.7 Å². The van der Waals surface area contributed by atoms with Crippen LogP contribution in [0, 0.1) is 11.8 Å². The summed E-state index contributed by atoms with van der Waals surface area (Å²) in [4.78, 5) is 63.1. The van der Waals surface area contributed by atoms with Crippen LogP contribution in [0.25, 0.3) is 16.9 Å². The number of hydrogen-bond donors (Lipinski definition) is 9. The lowest BCUT2D eigenvalue weighted by molar-refractivity contribution is -0.665. The van der Waals surface area contributed by atoms with Gasteiger partial charge in [0.25, 0.3) is 11.8 Å². The minimum absolute atomic E-state index is 0.0270. The van der Waals surface area contributed by atoms with E-state index in [0.717, 1.165) is 17.0 Å². The standard InChI is InChI=1S/C50H58F3N7O19S/c51-50(52,53)30-3-1-2-27(20-30)34-23-39-58(10-7-31(60(39)57-34)21-28-19-29(41(64)40(28)63)25-77-80(54,72)73)24-26-4-5-36(78-49-44(67)42(65)43(66)45(79-49)48(70)71)35(18-26)56-38(62)6-9-55-37(61)8-12-74-14-16-76-17-15-75-13-11-59-46(68)32-22-33(32)47(59)69/h1-5,7,10,18,20,23,28-29,40-45,49,63-67H,6,8-9,11-17,19,21-22,24-25H2,(H4-,54,55,56,61,62,70,71,72,73)/p+1/t28-,29+,40-,41+,42-,43-,44+,45-,49+/m0/s1. The molecule has 2 aliphatic carbocycles. The van der Waals surface area contributed by atoms with Crippen LogP contribution in [0.2, 0.25) is 0 Å². The van der Waals surface area contributed by atoms with E-state index in [1.165, 1.54) is 40.9 Å². The van der Waals surface area contributed by atoms with Gasteiger partial charge in [-0.2, -0.15) is 21.6 Å². The predicted molar refractivity (Wildman–Crippen MR) is 264 cm³/mol. The summed E-state index contributed by atoms with van der Waals surface area (Å²) in [6, 6.07) is 11.9. The van der Waals surface area contributed by atoms with Crippen LogP contribution in [0.4, 0.5) is 18.9 Å². The number of halogens is 3. The summed E-state index contributed by atoms with van der Waals surface area (Å²) in [6.07, 6.45) is -15.5. The van der Waals surface area contributed by atoms with E-state index >= 15 is 0 Å². The summed E-state index contributed by atoms with van der Waals surface area (Å²) in [5.74, 6) is -5.02. The second-order valence-corrected chi connectivity index (χ2v) is 20.6. The number of carbonyl (C=O) groups is 5. The van der Waals surface area contributed by atoms with Gasteiger partial charge < -0.3 is 65.0 Å². The fourth-order valence-electron chi connectivity index (χ4n) is 9.43. The van der Waals surface area contributed by atoms with Gasteiger partial charge >= 0.3 is 28.1 Å². The minimum atomic E-state index is -4.68. The Morgan fingerprint density at radius 1 is 0.825 bits per heavy atom. The number of piperidine rings is 1. The first-order chi connectivity index (χ1) is 38.0. The van der Waals surface area contributed by atoms with Crippen LogP contribution < -0.4 is 25.1 Å². The Hall–Kier alpha value is -6.55. The maximum absolute atomic E-state index is 13.9. The number of nitrogens with zero attached hydrogens (tertiary/aromatic N) is 4. The Kier molecular flexibility index (Phi) is 19.0. The highest BCUT2D eigenvalue weighted by Gasteiger charge is 2.49. The number of carboxylic acid groups (broad SMARTS) is 1. The normalized spacial score (nSPS) is 23.9. The first-order valence-electron chi connectivity index (χ1n) is 25.2. The second kappa shape index (κ2) is 25.5. The van der Waals surface area contributed by atoms with Crippen molar-refractivity contribution in [2.24, 2.45) is 17.0 Å². The lowest BCUT2D eigenvalue weighted by atomic mass is 9.98. The molecule has 434 valence electrons. The zero-order valence-electron chi connectivity index (χ0n) is 42.5. The van der Waals surface area contributed by atoms with E-state index in [4.69, 9.17) is 28.8 Å². The number of nitrogens with two attached hydrogens (primary N) is 1. The third kappa shape index (κ3) is 14.7. The van der Waals surface area contributed by atoms with Crippen molar-refractivity contribution in [3.63, 3.8) is 0 Å². The molecule has 8 rings (SSSR count). The van der Waals surface area contributed by atoms with Gasteiger partial charge in [0.15, 0.2) is 6.10 Å². The number of rotatable bonds is 27. The summed E-state index contributed by atoms with van der Waals surface area (Å²) in [5.41, 5.74) is 1.52. The number of carboxylic acids is 1. The van der Waals surface area contributed by atoms with Crippen molar-refractivity contribution < 1.29 is 109 Å². The fraction of sp³-hybridized carbons (Fsp3) is 0.500. The average molecular weight is 1150 g/mol. The molecule has 4 amide bonds. The number of aliphatic hydroxyl groups excluding tert-OH is 5. The van der Waals surface area contributed by atoms with Gasteiger partial charge in [-0.1, -0.05) is 23.3 Å². The molecular formula is C50H59F3N7O19S+. The van der Waals surface area contributed by atoms with E-state index < -0.39 is 101 Å². The molecule has 4 heterocycles. The molecule has 2 aromatic heterocycles. The van der Waals surface area contributed by atoms with Gasteiger partial charge in [0.1, 0.15) is 42.0 Å². The highest BCUT2D eigenvalue weighted by atomic mass is 32.2. The first kappa shape index (κ1) is 59.6. The van der Waals surface area contributed by atoms with Gasteiger partial charge in [-0.05, 0) is 42.2 Å². The predicted octanol–water partition coefficient (Wildman–Crippen LogP) is -1.30. The van der Waals surface area contributed by atoms with Gasteiger partial charge in [0.05, 0.1) is 88.5 Å². The Bertz CT molecular complexity index is 3080. The molecule has 0 radical (unpaired) electrons. The Morgan fingerprint density at radius 2 is 1.51 bits per heavy atom. The molecule has 80 heavy (non-hydrogen) atoms. The maximum atomic E-state index is 13.9. The van der Waals surface area contributed by atoms with Crippen LogP contribution in [0.15, 0.2) is 71.9 Å². The molecular weight excluding hydrogens is 1090 g/mol. The third-order valence-corrected chi connectivity index (χ3v) is 14.2. The molecule has 0 bridgehead atoms. The number of amides is 4. The number of carbonyl (C=O) groups excluding carboxylic acids is 4. The number of hydrogen-bond acceptors (Lipinski definition) is 19. The Labute approximate surface area is 453 Å². The summed E-state index contributed by atoms with van der Waals surface area (Å²) < 4.78 is 99.8. The minimum Gasteiger partial charge on any atom is -0.479 e. The molecule has 0 unspecified atom stereocenters. The van der Waals surface area contributed by atoms with E-state index in [0.29, 0.717) is 34.5 Å². The molecule has 2 aliphatic heterocycles. The molecule has 30 heteroatoms. The van der Waals surface area contributed by atoms with Gasteiger partial charge in [-0.3, -0.25) is 28.3 Å². The van der Waals surface area contributed by atoms with Crippen LogP contribution in [-0.4, -0.2) is 185 Å². The maximum Gasteiger partial charge on any atom is 0.416 e. The van der Waals surface area contributed by atoms with Crippen LogP contribution in [-0.2, 0) is 76.5 Å². The molecule has 4 aliphatic rings. The highest BCUT2D eigenvalue weighted by molar-refractivity contribution is 7.84. The van der Waals surface area contributed by atoms with E-state index in [1.807, 2.05) is 0 Å². The number of likely N-dealkylation sites (tertiary alicyclic amines) is 1. The molecule has 26 nitrogen and oxygen atoms in total. The van der Waals surface area contributed by atoms with Crippen LogP contribution in [0.5, 0.6) is 5.75 Å². The lowest BCUT2D eigenvalue weighted by Crippen LogP contribution is -2.61. The van der Waals surface area contributed by atoms with Crippen molar-refractivity contribution >= 4 is 51.2 Å². The van der Waals surface area contributed by atoms with Gasteiger partial charge in [0, 0.05) is 60.9 Å². The van der Waals surface area contributed by atoms with E-state index in [-0.39, 0.29) is 119 Å². The second-order valence-electron chi connectivity index (χ2n) is 19.3. The number of nitrogens with one attached hydrogen (secondary N) is 2. The van der Waals surface area contributed by atoms with Crippen molar-refractivity contribution in [1.29, 1.82) is 0 Å². The number of aromatic nitrogens is 3. The summed E-state index contributed by atoms with van der Waals surface area (Å²) in [6.45, 7) is 0.465. The largest absolute Gasteiger partial charge is 0.479 e. The molecule has 1 saturated heterocycles. The number of aliphatic carboxylic acids is 1. The average Bonchev–Trinajstić information content (AvgIpc) is 4.16. The third-order valence-electron chi connectivity index (χ3n) is 13.7. The van der Waals surface area contributed by atoms with Crippen LogP contribution in [0.1, 0.15) is 42.5 Å². The van der Waals surface area contributed by atoms with Gasteiger partial charge in [-0.15, -0.1) is 4.52 Å². The van der Waals surface area contributed by atoms with E-state index in [2.05, 4.69) is 19.9 Å². The summed E-state index contributed by atoms with van der Waals surface area (Å²) >= 11 is 0. The van der Waals surface area contributed by atoms with E-state index in [9.17, 15) is 76.2 Å². The van der Waals surface area contributed by atoms with E-state index in [1.54, 1.807) is 16.8 Å². The monoisotopic (exact) mass is 1150 g/mol. The van der Waals surface area contributed by atoms with Crippen LogP contribution >= 0.6 is 0 Å². The number of ether oxygens (including phenoxy) is 5. The number of alkyl halides is 3. The van der Waals surface area contributed by atoms with Crippen molar-refractivity contribution in [2.75, 3.05) is 64.7 Å². The molecule has 10 N–H and O–H groups in total. The summed E-state index contributed by atoms with van der Waals surface area (Å²) in [7, 11) is -4.36. The highest BCUT2D eigenvalue weighted by Crippen LogP contribution is 2.40. The van der Waals surface area contributed by atoms with Gasteiger partial charge in [0.2, 0.25) is 18.1 Å². The number of fused-ring (bicyclic) bond motifs is 1. The zero-order chi connectivity index (χ0) is 57.6. The molecule has 4 aromatic rings. The number of aliphatic hydroxyl groups is 5. The Morgan fingerprint density at radius 3 is 2.20 bits per heavy atom. The fourth-order valence-corrected chi connectivity index (χ4v) is 9.80.